The summed E-state index contributed by atoms with van der Waals surface area (Å²) in [6.45, 7) is 4.74. The predicted octanol–water partition coefficient (Wildman–Crippen LogP) is 2.05. The minimum atomic E-state index is -0.308. The lowest BCUT2D eigenvalue weighted by Crippen LogP contribution is -2.47. The van der Waals surface area contributed by atoms with Gasteiger partial charge >= 0.3 is 6.09 Å². The van der Waals surface area contributed by atoms with Gasteiger partial charge in [0.15, 0.2) is 0 Å². The van der Waals surface area contributed by atoms with Crippen LogP contribution in [0, 0.1) is 0 Å². The fraction of sp³-hybridized carbons (Fsp3) is 0.588. The molecule has 1 fully saturated rings. The molecule has 1 aromatic heterocycles. The van der Waals surface area contributed by atoms with Gasteiger partial charge in [0.1, 0.15) is 0 Å². The zero-order chi connectivity index (χ0) is 18.2. The zero-order valence-electron chi connectivity index (χ0n) is 14.6. The lowest BCUT2D eigenvalue weighted by Gasteiger charge is -2.31. The second-order valence-electron chi connectivity index (χ2n) is 6.00. The molecule has 2 heterocycles. The van der Waals surface area contributed by atoms with E-state index in [0.717, 1.165) is 4.88 Å². The summed E-state index contributed by atoms with van der Waals surface area (Å²) in [5, 5.41) is 7.76. The van der Waals surface area contributed by atoms with E-state index in [9.17, 15) is 14.4 Å². The summed E-state index contributed by atoms with van der Waals surface area (Å²) in [4.78, 5) is 38.0. The van der Waals surface area contributed by atoms with Gasteiger partial charge < -0.3 is 20.3 Å². The zero-order valence-corrected chi connectivity index (χ0v) is 15.4. The third-order valence-electron chi connectivity index (χ3n) is 4.04. The minimum Gasteiger partial charge on any atom is -0.450 e. The van der Waals surface area contributed by atoms with E-state index in [1.165, 1.54) is 18.3 Å². The molecule has 3 amide bonds. The van der Waals surface area contributed by atoms with Gasteiger partial charge in [0.25, 0.3) is 0 Å². The van der Waals surface area contributed by atoms with Gasteiger partial charge in [-0.2, -0.15) is 0 Å². The van der Waals surface area contributed by atoms with Gasteiger partial charge in [-0.05, 0) is 31.2 Å². The maximum Gasteiger partial charge on any atom is 0.409 e. The number of nitrogens with one attached hydrogen (secondary N) is 2. The van der Waals surface area contributed by atoms with E-state index >= 15 is 0 Å². The second-order valence-corrected chi connectivity index (χ2v) is 6.98. The molecule has 0 saturated carbocycles. The molecular weight excluding hydrogens is 342 g/mol. The molecule has 8 heteroatoms. The van der Waals surface area contributed by atoms with Gasteiger partial charge in [-0.3, -0.25) is 9.59 Å². The fourth-order valence-corrected chi connectivity index (χ4v) is 3.63. The lowest BCUT2D eigenvalue weighted by atomic mass is 10.0. The maximum atomic E-state index is 12.4. The summed E-state index contributed by atoms with van der Waals surface area (Å²) >= 11 is 1.52. The van der Waals surface area contributed by atoms with E-state index in [2.05, 4.69) is 10.6 Å². The first-order valence-corrected chi connectivity index (χ1v) is 9.39. The summed E-state index contributed by atoms with van der Waals surface area (Å²) in [6.07, 6.45) is 1.32. The highest BCUT2D eigenvalue weighted by molar-refractivity contribution is 7.10. The second kappa shape index (κ2) is 9.41. The Morgan fingerprint density at radius 2 is 2.08 bits per heavy atom. The lowest BCUT2D eigenvalue weighted by molar-refractivity contribution is -0.123. The Labute approximate surface area is 151 Å². The molecule has 1 aliphatic heterocycles. The smallest absolute Gasteiger partial charge is 0.409 e. The Morgan fingerprint density at radius 1 is 1.36 bits per heavy atom. The third kappa shape index (κ3) is 6.04. The molecule has 1 atom stereocenters. The van der Waals surface area contributed by atoms with Crippen LogP contribution in [0.15, 0.2) is 17.5 Å². The van der Waals surface area contributed by atoms with Crippen LogP contribution in [0.5, 0.6) is 0 Å². The van der Waals surface area contributed by atoms with Crippen LogP contribution in [0.4, 0.5) is 4.79 Å². The quantitative estimate of drug-likeness (QED) is 0.805. The van der Waals surface area contributed by atoms with Crippen molar-refractivity contribution in [3.05, 3.63) is 22.4 Å². The predicted molar refractivity (Wildman–Crippen MR) is 95.3 cm³/mol. The van der Waals surface area contributed by atoms with E-state index in [-0.39, 0.29) is 36.4 Å². The highest BCUT2D eigenvalue weighted by Crippen LogP contribution is 2.22. The molecule has 0 aliphatic carbocycles. The molecule has 2 N–H and O–H groups in total. The Kier molecular flexibility index (Phi) is 7.24. The first-order chi connectivity index (χ1) is 12.0. The summed E-state index contributed by atoms with van der Waals surface area (Å²) in [7, 11) is 0. The number of ether oxygens (including phenoxy) is 1. The van der Waals surface area contributed by atoms with E-state index in [1.807, 2.05) is 17.5 Å². The van der Waals surface area contributed by atoms with Crippen molar-refractivity contribution in [1.82, 2.24) is 15.5 Å². The summed E-state index contributed by atoms with van der Waals surface area (Å²) < 4.78 is 4.99. The highest BCUT2D eigenvalue weighted by atomic mass is 32.1. The number of thiophene rings is 1. The topological polar surface area (TPSA) is 87.7 Å². The average molecular weight is 367 g/mol. The van der Waals surface area contributed by atoms with E-state index in [1.54, 1.807) is 11.8 Å². The first-order valence-electron chi connectivity index (χ1n) is 8.51. The van der Waals surface area contributed by atoms with Crippen molar-refractivity contribution in [2.24, 2.45) is 0 Å². The van der Waals surface area contributed by atoms with Crippen molar-refractivity contribution in [1.29, 1.82) is 0 Å². The molecule has 0 aromatic carbocycles. The monoisotopic (exact) mass is 367 g/mol. The van der Waals surface area contributed by atoms with E-state index < -0.39 is 0 Å². The van der Waals surface area contributed by atoms with Gasteiger partial charge in [-0.15, -0.1) is 11.3 Å². The molecule has 0 spiro atoms. The molecule has 2 rings (SSSR count). The van der Waals surface area contributed by atoms with Crippen molar-refractivity contribution in [2.45, 2.75) is 45.2 Å². The number of likely N-dealkylation sites (tertiary alicyclic amines) is 1. The van der Waals surface area contributed by atoms with Crippen LogP contribution in [-0.4, -0.2) is 48.5 Å². The van der Waals surface area contributed by atoms with Crippen LogP contribution in [0.25, 0.3) is 0 Å². The number of hydrogen-bond acceptors (Lipinski definition) is 5. The van der Waals surface area contributed by atoms with Crippen LogP contribution in [0.1, 0.15) is 44.0 Å². The number of carbonyl (C=O) groups is 3. The molecule has 25 heavy (non-hydrogen) atoms. The Morgan fingerprint density at radius 3 is 2.64 bits per heavy atom. The van der Waals surface area contributed by atoms with Gasteiger partial charge in [-0.25, -0.2) is 4.79 Å². The van der Waals surface area contributed by atoms with Crippen molar-refractivity contribution < 1.29 is 19.1 Å². The van der Waals surface area contributed by atoms with Crippen LogP contribution < -0.4 is 10.6 Å². The molecule has 1 aliphatic rings. The largest absolute Gasteiger partial charge is 0.450 e. The summed E-state index contributed by atoms with van der Waals surface area (Å²) in [5.41, 5.74) is 0. The Balaban J connectivity index is 1.81. The molecule has 7 nitrogen and oxygen atoms in total. The van der Waals surface area contributed by atoms with Crippen molar-refractivity contribution in [3.63, 3.8) is 0 Å². The number of carbonyl (C=O) groups excluding carboxylic acids is 3. The van der Waals surface area contributed by atoms with Gasteiger partial charge in [0.05, 0.1) is 19.1 Å². The molecule has 0 bridgehead atoms. The van der Waals surface area contributed by atoms with Crippen LogP contribution in [0.2, 0.25) is 0 Å². The van der Waals surface area contributed by atoms with Crippen LogP contribution in [-0.2, 0) is 14.3 Å². The SMILES string of the molecule is CCOC(=O)N1CCC(NC(=O)C[C@@H](NC(C)=O)c2cccs2)CC1. The number of nitrogens with zero attached hydrogens (tertiary/aromatic N) is 1. The first kappa shape index (κ1) is 19.2. The molecule has 0 unspecified atom stereocenters. The summed E-state index contributed by atoms with van der Waals surface area (Å²) in [6, 6.07) is 3.55. The Hall–Kier alpha value is -2.09. The molecule has 138 valence electrons. The van der Waals surface area contributed by atoms with E-state index in [0.29, 0.717) is 32.5 Å². The number of amides is 3. The summed E-state index contributed by atoms with van der Waals surface area (Å²) in [5.74, 6) is -0.254. The normalized spacial score (nSPS) is 16.2. The van der Waals surface area contributed by atoms with E-state index in [4.69, 9.17) is 4.74 Å². The average Bonchev–Trinajstić information content (AvgIpc) is 3.09. The van der Waals surface area contributed by atoms with Crippen molar-refractivity contribution in [3.8, 4) is 0 Å². The number of piperidine rings is 1. The fourth-order valence-electron chi connectivity index (χ4n) is 2.85. The van der Waals surface area contributed by atoms with Gasteiger partial charge in [-0.1, -0.05) is 6.07 Å². The highest BCUT2D eigenvalue weighted by Gasteiger charge is 2.26. The minimum absolute atomic E-state index is 0.0412. The van der Waals surface area contributed by atoms with Gasteiger partial charge in [0.2, 0.25) is 11.8 Å². The van der Waals surface area contributed by atoms with Crippen molar-refractivity contribution >= 4 is 29.2 Å². The number of rotatable bonds is 6. The van der Waals surface area contributed by atoms with Crippen molar-refractivity contribution in [2.75, 3.05) is 19.7 Å². The van der Waals surface area contributed by atoms with Gasteiger partial charge in [0, 0.05) is 30.9 Å². The molecule has 1 aromatic rings. The standard InChI is InChI=1S/C17H25N3O4S/c1-3-24-17(23)20-8-6-13(7-9-20)19-16(22)11-14(18-12(2)21)15-5-4-10-25-15/h4-5,10,13-14H,3,6-9,11H2,1-2H3,(H,18,21)(H,19,22)/t14-/m1/s1. The van der Waals surface area contributed by atoms with Crippen LogP contribution >= 0.6 is 11.3 Å². The molecule has 0 radical (unpaired) electrons. The third-order valence-corrected chi connectivity index (χ3v) is 5.03. The maximum absolute atomic E-state index is 12.4. The number of hydrogen-bond donors (Lipinski definition) is 2. The Bertz CT molecular complexity index is 583. The van der Waals surface area contributed by atoms with Crippen LogP contribution in [0.3, 0.4) is 0 Å². The molecular formula is C17H25N3O4S. The molecule has 1 saturated heterocycles.